The van der Waals surface area contributed by atoms with Crippen LogP contribution in [-0.4, -0.2) is 23.6 Å². The summed E-state index contributed by atoms with van der Waals surface area (Å²) < 4.78 is 0. The van der Waals surface area contributed by atoms with E-state index in [2.05, 4.69) is 10.3 Å². The molecule has 1 aliphatic rings. The van der Waals surface area contributed by atoms with Crippen molar-refractivity contribution in [1.82, 2.24) is 4.98 Å². The molecule has 2 heterocycles. The van der Waals surface area contributed by atoms with Gasteiger partial charge in [0.2, 0.25) is 0 Å². The first-order chi connectivity index (χ1) is 5.90. The van der Waals surface area contributed by atoms with Crippen molar-refractivity contribution in [2.24, 2.45) is 0 Å². The molecule has 1 N–H and O–H groups in total. The predicted octanol–water partition coefficient (Wildman–Crippen LogP) is 1.41. The Hall–Kier alpha value is -1.03. The van der Waals surface area contributed by atoms with Crippen LogP contribution in [0.5, 0.6) is 0 Å². The number of aldehydes is 1. The second-order valence-electron chi connectivity index (χ2n) is 2.48. The van der Waals surface area contributed by atoms with Gasteiger partial charge < -0.3 is 5.32 Å². The average Bonchev–Trinajstić information content (AvgIpc) is 2.17. The van der Waals surface area contributed by atoms with E-state index in [9.17, 15) is 4.79 Å². The Labute approximate surface area is 74.6 Å². The molecular formula is C8H8N2OS. The number of carbonyl (C=O) groups is 1. The van der Waals surface area contributed by atoms with Crippen LogP contribution in [0.4, 0.5) is 5.69 Å². The highest BCUT2D eigenvalue weighted by molar-refractivity contribution is 7.99. The fourth-order valence-electron chi connectivity index (χ4n) is 1.10. The average molecular weight is 180 g/mol. The molecule has 62 valence electrons. The molecule has 2 rings (SSSR count). The number of hydrogen-bond acceptors (Lipinski definition) is 4. The maximum Gasteiger partial charge on any atom is 0.168 e. The monoisotopic (exact) mass is 180 g/mol. The van der Waals surface area contributed by atoms with Gasteiger partial charge in [0.25, 0.3) is 0 Å². The molecule has 0 spiro atoms. The van der Waals surface area contributed by atoms with E-state index < -0.39 is 0 Å². The Morgan fingerprint density at radius 3 is 3.33 bits per heavy atom. The van der Waals surface area contributed by atoms with Crippen molar-refractivity contribution in [2.75, 3.05) is 17.6 Å². The fourth-order valence-corrected chi connectivity index (χ4v) is 1.96. The molecule has 0 amide bonds. The summed E-state index contributed by atoms with van der Waals surface area (Å²) in [4.78, 5) is 14.6. The van der Waals surface area contributed by atoms with Gasteiger partial charge in [-0.3, -0.25) is 4.79 Å². The lowest BCUT2D eigenvalue weighted by Gasteiger charge is -2.15. The minimum atomic E-state index is 0.505. The van der Waals surface area contributed by atoms with Crippen LogP contribution in [0.3, 0.4) is 0 Å². The molecule has 0 saturated carbocycles. The van der Waals surface area contributed by atoms with E-state index in [1.807, 2.05) is 6.07 Å². The molecule has 12 heavy (non-hydrogen) atoms. The molecule has 4 heteroatoms. The van der Waals surface area contributed by atoms with Crippen molar-refractivity contribution >= 4 is 23.7 Å². The van der Waals surface area contributed by atoms with Gasteiger partial charge in [-0.05, 0) is 12.1 Å². The first-order valence-corrected chi connectivity index (χ1v) is 4.71. The quantitative estimate of drug-likeness (QED) is 0.663. The number of pyridine rings is 1. The topological polar surface area (TPSA) is 42.0 Å². The molecule has 3 nitrogen and oxygen atoms in total. The lowest BCUT2D eigenvalue weighted by atomic mass is 10.3. The molecule has 0 unspecified atom stereocenters. The predicted molar refractivity (Wildman–Crippen MR) is 48.8 cm³/mol. The SMILES string of the molecule is O=Cc1ccc2c(n1)SCCN2. The summed E-state index contributed by atoms with van der Waals surface area (Å²) >= 11 is 1.69. The Balaban J connectivity index is 2.42. The number of aromatic nitrogens is 1. The van der Waals surface area contributed by atoms with Gasteiger partial charge in [-0.1, -0.05) is 0 Å². The van der Waals surface area contributed by atoms with Crippen molar-refractivity contribution in [1.29, 1.82) is 0 Å². The van der Waals surface area contributed by atoms with Crippen LogP contribution in [0.2, 0.25) is 0 Å². The number of rotatable bonds is 1. The van der Waals surface area contributed by atoms with Crippen molar-refractivity contribution in [3.63, 3.8) is 0 Å². The molecule has 1 aromatic heterocycles. The zero-order chi connectivity index (χ0) is 8.39. The van der Waals surface area contributed by atoms with Crippen LogP contribution in [-0.2, 0) is 0 Å². The minimum Gasteiger partial charge on any atom is -0.382 e. The van der Waals surface area contributed by atoms with Gasteiger partial charge in [-0.15, -0.1) is 11.8 Å². The van der Waals surface area contributed by atoms with Gasteiger partial charge in [0, 0.05) is 12.3 Å². The molecule has 0 radical (unpaired) electrons. The van der Waals surface area contributed by atoms with E-state index in [1.54, 1.807) is 17.8 Å². The third kappa shape index (κ3) is 1.30. The molecule has 0 fully saturated rings. The van der Waals surface area contributed by atoms with Crippen LogP contribution >= 0.6 is 11.8 Å². The van der Waals surface area contributed by atoms with Crippen LogP contribution in [0.15, 0.2) is 17.2 Å². The lowest BCUT2D eigenvalue weighted by Crippen LogP contribution is -2.11. The molecule has 0 atom stereocenters. The van der Waals surface area contributed by atoms with Crippen LogP contribution in [0, 0.1) is 0 Å². The number of fused-ring (bicyclic) bond motifs is 1. The number of nitrogens with zero attached hydrogens (tertiary/aromatic N) is 1. The van der Waals surface area contributed by atoms with Crippen molar-refractivity contribution in [3.05, 3.63) is 17.8 Å². The van der Waals surface area contributed by atoms with Gasteiger partial charge in [-0.25, -0.2) is 4.98 Å². The second kappa shape index (κ2) is 3.15. The number of hydrogen-bond donors (Lipinski definition) is 1. The Morgan fingerprint density at radius 1 is 1.58 bits per heavy atom. The van der Waals surface area contributed by atoms with E-state index >= 15 is 0 Å². The van der Waals surface area contributed by atoms with Gasteiger partial charge in [0.05, 0.1) is 5.69 Å². The van der Waals surface area contributed by atoms with Crippen LogP contribution in [0.1, 0.15) is 10.5 Å². The highest BCUT2D eigenvalue weighted by atomic mass is 32.2. The van der Waals surface area contributed by atoms with E-state index in [-0.39, 0.29) is 0 Å². The third-order valence-corrected chi connectivity index (χ3v) is 2.65. The highest BCUT2D eigenvalue weighted by Gasteiger charge is 2.09. The Kier molecular flexibility index (Phi) is 1.99. The molecule has 1 aromatic rings. The summed E-state index contributed by atoms with van der Waals surface area (Å²) in [6, 6.07) is 3.63. The van der Waals surface area contributed by atoms with E-state index in [0.29, 0.717) is 5.69 Å². The first-order valence-electron chi connectivity index (χ1n) is 3.73. The van der Waals surface area contributed by atoms with Crippen LogP contribution < -0.4 is 5.32 Å². The van der Waals surface area contributed by atoms with E-state index in [4.69, 9.17) is 0 Å². The summed E-state index contributed by atoms with van der Waals surface area (Å²) in [7, 11) is 0. The van der Waals surface area contributed by atoms with Crippen molar-refractivity contribution in [3.8, 4) is 0 Å². The minimum absolute atomic E-state index is 0.505. The fraction of sp³-hybridized carbons (Fsp3) is 0.250. The number of nitrogens with one attached hydrogen (secondary N) is 1. The maximum atomic E-state index is 10.4. The van der Waals surface area contributed by atoms with E-state index in [1.165, 1.54) is 0 Å². The van der Waals surface area contributed by atoms with Crippen molar-refractivity contribution < 1.29 is 4.79 Å². The molecule has 0 bridgehead atoms. The van der Waals surface area contributed by atoms with Crippen molar-refractivity contribution in [2.45, 2.75) is 5.03 Å². The normalized spacial score (nSPS) is 14.7. The second-order valence-corrected chi connectivity index (χ2v) is 3.57. The molecule has 1 aliphatic heterocycles. The third-order valence-electron chi connectivity index (χ3n) is 1.66. The number of carbonyl (C=O) groups excluding carboxylic acids is 1. The molecule has 0 aromatic carbocycles. The van der Waals surface area contributed by atoms with Gasteiger partial charge in [-0.2, -0.15) is 0 Å². The summed E-state index contributed by atoms with van der Waals surface area (Å²) in [6.45, 7) is 0.972. The number of anilines is 1. The Bertz CT molecular complexity index is 314. The molecule has 0 aliphatic carbocycles. The summed E-state index contributed by atoms with van der Waals surface area (Å²) in [5, 5.41) is 4.15. The summed E-state index contributed by atoms with van der Waals surface area (Å²) in [5.74, 6) is 1.02. The lowest BCUT2D eigenvalue weighted by molar-refractivity contribution is 0.111. The number of thioether (sulfide) groups is 1. The standard InChI is InChI=1S/C8H8N2OS/c11-5-6-1-2-7-8(10-6)12-4-3-9-7/h1-2,5,9H,3-4H2. The summed E-state index contributed by atoms with van der Waals surface area (Å²) in [5.41, 5.74) is 1.54. The zero-order valence-corrected chi connectivity index (χ0v) is 7.23. The Morgan fingerprint density at radius 2 is 2.50 bits per heavy atom. The zero-order valence-electron chi connectivity index (χ0n) is 6.41. The van der Waals surface area contributed by atoms with Gasteiger partial charge >= 0.3 is 0 Å². The van der Waals surface area contributed by atoms with Gasteiger partial charge in [0.1, 0.15) is 10.7 Å². The van der Waals surface area contributed by atoms with Crippen LogP contribution in [0.25, 0.3) is 0 Å². The first kappa shape index (κ1) is 7.61. The summed E-state index contributed by atoms with van der Waals surface area (Å²) in [6.07, 6.45) is 0.773. The smallest absolute Gasteiger partial charge is 0.168 e. The maximum absolute atomic E-state index is 10.4. The molecular weight excluding hydrogens is 172 g/mol. The van der Waals surface area contributed by atoms with Gasteiger partial charge in [0.15, 0.2) is 6.29 Å². The largest absolute Gasteiger partial charge is 0.382 e. The molecule has 0 saturated heterocycles. The highest BCUT2D eigenvalue weighted by Crippen LogP contribution is 2.28. The van der Waals surface area contributed by atoms with E-state index in [0.717, 1.165) is 29.3 Å².